The Bertz CT molecular complexity index is 1250. The summed E-state index contributed by atoms with van der Waals surface area (Å²) < 4.78 is 32.3. The van der Waals surface area contributed by atoms with Crippen LogP contribution >= 0.6 is 0 Å². The lowest BCUT2D eigenvalue weighted by Crippen LogP contribution is -2.01. The summed E-state index contributed by atoms with van der Waals surface area (Å²) in [7, 11) is -3.64. The van der Waals surface area contributed by atoms with Gasteiger partial charge in [-0.3, -0.25) is 0 Å². The SMILES string of the molecule is Cc1ccc(S(=O)(=O)c2c[nH]c3ccc(Oc4c(C)c[c]cc4C)cc23)cc1. The van der Waals surface area contributed by atoms with Gasteiger partial charge in [0.25, 0.3) is 0 Å². The van der Waals surface area contributed by atoms with Crippen molar-refractivity contribution in [1.82, 2.24) is 4.98 Å². The number of aromatic nitrogens is 1. The zero-order valence-corrected chi connectivity index (χ0v) is 16.7. The number of rotatable bonds is 4. The number of aryl methyl sites for hydroxylation is 3. The topological polar surface area (TPSA) is 59.2 Å². The molecule has 4 rings (SSSR count). The second-order valence-corrected chi connectivity index (χ2v) is 8.85. The first-order valence-electron chi connectivity index (χ1n) is 8.94. The van der Waals surface area contributed by atoms with Gasteiger partial charge in [0.2, 0.25) is 9.84 Å². The number of benzene rings is 3. The van der Waals surface area contributed by atoms with Gasteiger partial charge in [-0.15, -0.1) is 0 Å². The Balaban J connectivity index is 1.79. The molecule has 0 aliphatic carbocycles. The fourth-order valence-corrected chi connectivity index (χ4v) is 4.64. The Morgan fingerprint density at radius 2 is 1.61 bits per heavy atom. The van der Waals surface area contributed by atoms with Gasteiger partial charge < -0.3 is 9.72 Å². The first kappa shape index (κ1) is 18.3. The molecule has 0 aliphatic heterocycles. The van der Waals surface area contributed by atoms with Crippen molar-refractivity contribution >= 4 is 20.7 Å². The first-order valence-corrected chi connectivity index (χ1v) is 10.4. The summed E-state index contributed by atoms with van der Waals surface area (Å²) in [5.74, 6) is 1.35. The average molecular weight is 390 g/mol. The van der Waals surface area contributed by atoms with E-state index in [0.29, 0.717) is 11.1 Å². The number of aromatic amines is 1. The monoisotopic (exact) mass is 390 g/mol. The number of H-pyrrole nitrogens is 1. The molecular weight excluding hydrogens is 370 g/mol. The van der Waals surface area contributed by atoms with Crippen LogP contribution in [0.3, 0.4) is 0 Å². The normalized spacial score (nSPS) is 11.7. The third kappa shape index (κ3) is 3.18. The molecule has 1 radical (unpaired) electrons. The Labute approximate surface area is 164 Å². The van der Waals surface area contributed by atoms with Crippen LogP contribution < -0.4 is 4.74 Å². The quantitative estimate of drug-likeness (QED) is 0.499. The number of hydrogen-bond donors (Lipinski definition) is 1. The first-order chi connectivity index (χ1) is 13.4. The van der Waals surface area contributed by atoms with Crippen LogP contribution in [0.25, 0.3) is 10.9 Å². The average Bonchev–Trinajstić information content (AvgIpc) is 3.09. The van der Waals surface area contributed by atoms with E-state index in [1.807, 2.05) is 45.0 Å². The minimum absolute atomic E-state index is 0.242. The van der Waals surface area contributed by atoms with Crippen molar-refractivity contribution in [2.75, 3.05) is 0 Å². The van der Waals surface area contributed by atoms with Crippen molar-refractivity contribution in [3.8, 4) is 11.5 Å². The molecule has 1 heterocycles. The summed E-state index contributed by atoms with van der Waals surface area (Å²) in [5.41, 5.74) is 3.70. The Morgan fingerprint density at radius 3 is 2.29 bits per heavy atom. The molecule has 1 N–H and O–H groups in total. The van der Waals surface area contributed by atoms with E-state index in [4.69, 9.17) is 4.74 Å². The number of nitrogens with one attached hydrogen (secondary N) is 1. The minimum Gasteiger partial charge on any atom is -0.457 e. The molecule has 0 unspecified atom stereocenters. The van der Waals surface area contributed by atoms with Crippen LogP contribution in [0.15, 0.2) is 70.6 Å². The van der Waals surface area contributed by atoms with Gasteiger partial charge in [0.05, 0.1) is 9.79 Å². The van der Waals surface area contributed by atoms with Crippen LogP contribution in [-0.2, 0) is 9.84 Å². The van der Waals surface area contributed by atoms with Crippen LogP contribution in [0.1, 0.15) is 16.7 Å². The van der Waals surface area contributed by atoms with Crippen molar-refractivity contribution in [3.05, 3.63) is 83.6 Å². The molecule has 4 aromatic rings. The smallest absolute Gasteiger partial charge is 0.208 e. The zero-order valence-electron chi connectivity index (χ0n) is 15.9. The summed E-state index contributed by atoms with van der Waals surface area (Å²) in [4.78, 5) is 3.57. The molecule has 0 saturated heterocycles. The maximum atomic E-state index is 13.1. The molecule has 3 aromatic carbocycles. The third-order valence-corrected chi connectivity index (χ3v) is 6.58. The van der Waals surface area contributed by atoms with Crippen molar-refractivity contribution < 1.29 is 13.2 Å². The van der Waals surface area contributed by atoms with Gasteiger partial charge >= 0.3 is 0 Å². The number of fused-ring (bicyclic) bond motifs is 1. The van der Waals surface area contributed by atoms with Gasteiger partial charge in [-0.05, 0) is 80.4 Å². The van der Waals surface area contributed by atoms with Crippen LogP contribution in [-0.4, -0.2) is 13.4 Å². The summed E-state index contributed by atoms with van der Waals surface area (Å²) in [6.45, 7) is 5.85. The van der Waals surface area contributed by atoms with Crippen molar-refractivity contribution in [2.45, 2.75) is 30.6 Å². The fourth-order valence-electron chi connectivity index (χ4n) is 3.22. The molecule has 141 valence electrons. The number of sulfone groups is 1. The van der Waals surface area contributed by atoms with Gasteiger partial charge in [0.15, 0.2) is 0 Å². The highest BCUT2D eigenvalue weighted by Gasteiger charge is 2.22. The van der Waals surface area contributed by atoms with Crippen LogP contribution in [0.4, 0.5) is 0 Å². The van der Waals surface area contributed by atoms with E-state index in [0.717, 1.165) is 28.0 Å². The second-order valence-electron chi connectivity index (χ2n) is 6.93. The molecule has 0 aliphatic rings. The van der Waals surface area contributed by atoms with Crippen molar-refractivity contribution in [1.29, 1.82) is 0 Å². The zero-order chi connectivity index (χ0) is 19.9. The molecule has 5 heteroatoms. The number of ether oxygens (including phenoxy) is 1. The highest BCUT2D eigenvalue weighted by atomic mass is 32.2. The lowest BCUT2D eigenvalue weighted by molar-refractivity contribution is 0.476. The lowest BCUT2D eigenvalue weighted by atomic mass is 10.1. The second kappa shape index (κ2) is 6.84. The highest BCUT2D eigenvalue weighted by molar-refractivity contribution is 7.91. The van der Waals surface area contributed by atoms with Gasteiger partial charge in [0.1, 0.15) is 11.5 Å². The van der Waals surface area contributed by atoms with Crippen LogP contribution in [0.2, 0.25) is 0 Å². The molecule has 1 aromatic heterocycles. The van der Waals surface area contributed by atoms with Crippen molar-refractivity contribution in [3.63, 3.8) is 0 Å². The van der Waals surface area contributed by atoms with E-state index >= 15 is 0 Å². The molecule has 0 fully saturated rings. The molecule has 0 spiro atoms. The standard InChI is InChI=1S/C23H20NO3S/c1-15-7-10-19(11-8-15)28(25,26)22-14-24-21-12-9-18(13-20(21)22)27-23-16(2)5-4-6-17(23)3/h5-14,24H,1-3H3. The van der Waals surface area contributed by atoms with Gasteiger partial charge in [-0.1, -0.05) is 17.7 Å². The molecule has 4 nitrogen and oxygen atoms in total. The predicted molar refractivity (Wildman–Crippen MR) is 110 cm³/mol. The van der Waals surface area contributed by atoms with E-state index in [1.54, 1.807) is 30.3 Å². The third-order valence-electron chi connectivity index (χ3n) is 4.77. The van der Waals surface area contributed by atoms with E-state index in [1.165, 1.54) is 6.20 Å². The maximum Gasteiger partial charge on any atom is 0.208 e. The van der Waals surface area contributed by atoms with E-state index in [9.17, 15) is 8.42 Å². The van der Waals surface area contributed by atoms with E-state index < -0.39 is 9.84 Å². The summed E-state index contributed by atoms with van der Waals surface area (Å²) in [6, 6.07) is 19.1. The predicted octanol–water partition coefficient (Wildman–Crippen LogP) is 5.52. The van der Waals surface area contributed by atoms with Crippen molar-refractivity contribution in [2.24, 2.45) is 0 Å². The Hall–Kier alpha value is -3.05. The van der Waals surface area contributed by atoms with Crippen LogP contribution in [0, 0.1) is 26.8 Å². The van der Waals surface area contributed by atoms with E-state index in [-0.39, 0.29) is 9.79 Å². The van der Waals surface area contributed by atoms with Crippen LogP contribution in [0.5, 0.6) is 11.5 Å². The largest absolute Gasteiger partial charge is 0.457 e. The molecule has 28 heavy (non-hydrogen) atoms. The Morgan fingerprint density at radius 1 is 0.929 bits per heavy atom. The summed E-state index contributed by atoms with van der Waals surface area (Å²) in [5, 5.41) is 0.607. The van der Waals surface area contributed by atoms with Gasteiger partial charge in [0, 0.05) is 17.1 Å². The molecule has 0 amide bonds. The molecule has 0 bridgehead atoms. The minimum atomic E-state index is -3.64. The Kier molecular flexibility index (Phi) is 4.47. The molecular formula is C23H20NO3S. The number of hydrogen-bond acceptors (Lipinski definition) is 3. The summed E-state index contributed by atoms with van der Waals surface area (Å²) >= 11 is 0. The van der Waals surface area contributed by atoms with Gasteiger partial charge in [-0.2, -0.15) is 0 Å². The summed E-state index contributed by atoms with van der Waals surface area (Å²) in [6.07, 6.45) is 1.54. The van der Waals surface area contributed by atoms with E-state index in [2.05, 4.69) is 11.1 Å². The highest BCUT2D eigenvalue weighted by Crippen LogP contribution is 2.34. The molecule has 0 atom stereocenters. The lowest BCUT2D eigenvalue weighted by Gasteiger charge is -2.12. The maximum absolute atomic E-state index is 13.1. The molecule has 0 saturated carbocycles. The fraction of sp³-hybridized carbons (Fsp3) is 0.130. The van der Waals surface area contributed by atoms with Gasteiger partial charge in [-0.25, -0.2) is 8.42 Å².